The molecule has 0 amide bonds. The summed E-state index contributed by atoms with van der Waals surface area (Å²) in [5.41, 5.74) is 2.95. The highest BCUT2D eigenvalue weighted by Crippen LogP contribution is 2.33. The molecule has 1 heterocycles. The minimum atomic E-state index is 0.0515. The lowest BCUT2D eigenvalue weighted by atomic mass is 9.79. The van der Waals surface area contributed by atoms with Crippen LogP contribution in [0.5, 0.6) is 0 Å². The lowest BCUT2D eigenvalue weighted by Gasteiger charge is -2.33. The molecule has 2 rings (SSSR count). The van der Waals surface area contributed by atoms with Crippen LogP contribution in [0, 0.1) is 11.3 Å². The second kappa shape index (κ2) is 2.91. The van der Waals surface area contributed by atoms with Crippen LogP contribution in [-0.4, -0.2) is 17.0 Å². The van der Waals surface area contributed by atoms with Crippen molar-refractivity contribution in [1.29, 1.82) is 5.41 Å². The first-order valence-corrected chi connectivity index (χ1v) is 5.06. The van der Waals surface area contributed by atoms with Crippen molar-refractivity contribution < 1.29 is 0 Å². The summed E-state index contributed by atoms with van der Waals surface area (Å²) < 4.78 is 0. The molecule has 0 spiro atoms. The summed E-state index contributed by atoms with van der Waals surface area (Å²) in [6, 6.07) is 0. The maximum Gasteiger partial charge on any atom is 0.0617 e. The summed E-state index contributed by atoms with van der Waals surface area (Å²) in [7, 11) is 0. The van der Waals surface area contributed by atoms with E-state index >= 15 is 0 Å². The summed E-state index contributed by atoms with van der Waals surface area (Å²) in [4.78, 5) is 4.69. The number of aliphatic imine (C=N–C) groups is 1. The molecule has 1 aliphatic heterocycles. The Bertz CT molecular complexity index is 370. The average Bonchev–Trinajstić information content (AvgIpc) is 2.05. The van der Waals surface area contributed by atoms with Crippen LogP contribution in [0.4, 0.5) is 0 Å². The zero-order chi connectivity index (χ0) is 10.3. The normalized spacial score (nSPS) is 29.4. The fourth-order valence-corrected chi connectivity index (χ4v) is 2.28. The molecule has 1 unspecified atom stereocenters. The Hall–Kier alpha value is -1.18. The van der Waals surface area contributed by atoms with Gasteiger partial charge in [-0.2, -0.15) is 0 Å². The first-order chi connectivity index (χ1) is 6.48. The summed E-state index contributed by atoms with van der Waals surface area (Å²) in [5, 5.41) is 7.58. The van der Waals surface area contributed by atoms with E-state index in [-0.39, 0.29) is 5.54 Å². The van der Waals surface area contributed by atoms with Gasteiger partial charge < -0.3 is 5.41 Å². The highest BCUT2D eigenvalue weighted by Gasteiger charge is 2.30. The van der Waals surface area contributed by atoms with Crippen molar-refractivity contribution >= 4 is 11.4 Å². The smallest absolute Gasteiger partial charge is 0.0617 e. The largest absolute Gasteiger partial charge is 0.301 e. The summed E-state index contributed by atoms with van der Waals surface area (Å²) in [6.45, 7) is 6.55. The highest BCUT2D eigenvalue weighted by atomic mass is 14.9. The molecule has 14 heavy (non-hydrogen) atoms. The van der Waals surface area contributed by atoms with Crippen LogP contribution in [0.25, 0.3) is 0 Å². The molecule has 0 aromatic rings. The van der Waals surface area contributed by atoms with Crippen LogP contribution < -0.4 is 0 Å². The van der Waals surface area contributed by atoms with Crippen molar-refractivity contribution in [3.05, 3.63) is 23.8 Å². The Balaban J connectivity index is 2.46. The summed E-state index contributed by atoms with van der Waals surface area (Å²) >= 11 is 0. The van der Waals surface area contributed by atoms with E-state index in [1.807, 2.05) is 18.2 Å². The Morgan fingerprint density at radius 2 is 2.14 bits per heavy atom. The molecule has 1 aliphatic carbocycles. The molecule has 0 saturated heterocycles. The van der Waals surface area contributed by atoms with Crippen molar-refractivity contribution in [2.75, 3.05) is 0 Å². The van der Waals surface area contributed by atoms with Gasteiger partial charge in [-0.05, 0) is 50.0 Å². The van der Waals surface area contributed by atoms with E-state index in [1.54, 1.807) is 0 Å². The summed E-state index contributed by atoms with van der Waals surface area (Å²) in [6.07, 6.45) is 6.80. The quantitative estimate of drug-likeness (QED) is 0.567. The first kappa shape index (κ1) is 9.38. The summed E-state index contributed by atoms with van der Waals surface area (Å²) in [5.74, 6) is 0.516. The van der Waals surface area contributed by atoms with Gasteiger partial charge in [0.15, 0.2) is 0 Å². The van der Waals surface area contributed by atoms with Gasteiger partial charge in [-0.15, -0.1) is 0 Å². The third-order valence-electron chi connectivity index (χ3n) is 2.79. The molecule has 2 aliphatic rings. The van der Waals surface area contributed by atoms with Gasteiger partial charge in [-0.25, -0.2) is 0 Å². The van der Waals surface area contributed by atoms with Crippen molar-refractivity contribution in [3.8, 4) is 0 Å². The minimum absolute atomic E-state index is 0.0515. The van der Waals surface area contributed by atoms with Gasteiger partial charge >= 0.3 is 0 Å². The third-order valence-corrected chi connectivity index (χ3v) is 2.79. The van der Waals surface area contributed by atoms with E-state index < -0.39 is 0 Å². The number of nitrogens with one attached hydrogen (secondary N) is 1. The van der Waals surface area contributed by atoms with Crippen LogP contribution in [0.15, 0.2) is 28.8 Å². The average molecular weight is 188 g/mol. The van der Waals surface area contributed by atoms with E-state index in [2.05, 4.69) is 25.8 Å². The van der Waals surface area contributed by atoms with Crippen molar-refractivity contribution in [1.82, 2.24) is 0 Å². The van der Waals surface area contributed by atoms with Gasteiger partial charge in [0, 0.05) is 0 Å². The number of nitrogens with zero attached hydrogens (tertiary/aromatic N) is 1. The van der Waals surface area contributed by atoms with Crippen molar-refractivity contribution in [3.63, 3.8) is 0 Å². The Labute approximate surface area is 84.9 Å². The molecule has 0 aromatic carbocycles. The molecule has 74 valence electrons. The number of hydrogen-bond donors (Lipinski definition) is 1. The van der Waals surface area contributed by atoms with Crippen LogP contribution in [-0.2, 0) is 0 Å². The molecule has 0 bridgehead atoms. The number of rotatable bonds is 0. The maximum absolute atomic E-state index is 7.58. The monoisotopic (exact) mass is 188 g/mol. The molecule has 0 saturated carbocycles. The predicted octanol–water partition coefficient (Wildman–Crippen LogP) is 2.76. The Morgan fingerprint density at radius 1 is 1.43 bits per heavy atom. The molecule has 0 fully saturated rings. The van der Waals surface area contributed by atoms with E-state index in [0.29, 0.717) is 11.6 Å². The van der Waals surface area contributed by atoms with Crippen molar-refractivity contribution in [2.45, 2.75) is 32.7 Å². The zero-order valence-electron chi connectivity index (χ0n) is 8.96. The first-order valence-electron chi connectivity index (χ1n) is 5.06. The van der Waals surface area contributed by atoms with Gasteiger partial charge in [-0.3, -0.25) is 4.99 Å². The Kier molecular flexibility index (Phi) is 1.95. The predicted molar refractivity (Wildman–Crippen MR) is 60.2 cm³/mol. The SMILES string of the molecule is CC1CC(C)(C)N=C2C=CC(=N)C=C21. The van der Waals surface area contributed by atoms with Gasteiger partial charge in [0.05, 0.1) is 17.0 Å². The fourth-order valence-electron chi connectivity index (χ4n) is 2.28. The molecule has 1 N–H and O–H groups in total. The van der Waals surface area contributed by atoms with Gasteiger partial charge in [0.25, 0.3) is 0 Å². The molecule has 1 atom stereocenters. The van der Waals surface area contributed by atoms with E-state index in [9.17, 15) is 0 Å². The molecular formula is C12H16N2. The van der Waals surface area contributed by atoms with Gasteiger partial charge in [-0.1, -0.05) is 6.92 Å². The molecule has 2 heteroatoms. The van der Waals surface area contributed by atoms with Gasteiger partial charge in [0.2, 0.25) is 0 Å². The van der Waals surface area contributed by atoms with Crippen LogP contribution in [0.2, 0.25) is 0 Å². The molecule has 2 nitrogen and oxygen atoms in total. The lowest BCUT2D eigenvalue weighted by Crippen LogP contribution is -2.31. The molecular weight excluding hydrogens is 172 g/mol. The maximum atomic E-state index is 7.58. The Morgan fingerprint density at radius 3 is 2.86 bits per heavy atom. The number of fused-ring (bicyclic) bond motifs is 1. The number of hydrogen-bond acceptors (Lipinski definition) is 2. The van der Waals surface area contributed by atoms with E-state index in [4.69, 9.17) is 5.41 Å². The van der Waals surface area contributed by atoms with Crippen LogP contribution in [0.3, 0.4) is 0 Å². The number of allylic oxidation sites excluding steroid dienone is 4. The van der Waals surface area contributed by atoms with Crippen LogP contribution in [0.1, 0.15) is 27.2 Å². The molecule has 0 radical (unpaired) electrons. The topological polar surface area (TPSA) is 36.2 Å². The van der Waals surface area contributed by atoms with Crippen LogP contribution >= 0.6 is 0 Å². The highest BCUT2D eigenvalue weighted by molar-refractivity contribution is 6.21. The minimum Gasteiger partial charge on any atom is -0.301 e. The second-order valence-electron chi connectivity index (χ2n) is 4.80. The van der Waals surface area contributed by atoms with E-state index in [0.717, 1.165) is 12.1 Å². The van der Waals surface area contributed by atoms with E-state index in [1.165, 1.54) is 5.57 Å². The zero-order valence-corrected chi connectivity index (χ0v) is 8.96. The molecule has 0 aromatic heterocycles. The van der Waals surface area contributed by atoms with Gasteiger partial charge in [0.1, 0.15) is 0 Å². The fraction of sp³-hybridized carbons (Fsp3) is 0.500. The third kappa shape index (κ3) is 1.57. The van der Waals surface area contributed by atoms with Crippen molar-refractivity contribution in [2.24, 2.45) is 10.9 Å². The second-order valence-corrected chi connectivity index (χ2v) is 4.80. The standard InChI is InChI=1S/C12H16N2/c1-8-7-12(2,3)14-11-5-4-9(13)6-10(8)11/h4-6,8,13H,7H2,1-3H3. The lowest BCUT2D eigenvalue weighted by molar-refractivity contribution is 0.406.